The minimum Gasteiger partial charge on any atom is -0.458 e. The zero-order valence-corrected chi connectivity index (χ0v) is 10.4. The van der Waals surface area contributed by atoms with Crippen LogP contribution in [0.15, 0.2) is 67.3 Å². The van der Waals surface area contributed by atoms with Crippen LogP contribution in [0.3, 0.4) is 0 Å². The van der Waals surface area contributed by atoms with E-state index in [9.17, 15) is 4.79 Å². The Bertz CT molecular complexity index is 544. The molecule has 0 heterocycles. The van der Waals surface area contributed by atoms with E-state index in [1.807, 2.05) is 54.6 Å². The number of carbonyl (C=O) groups excluding carboxylic acids is 1. The fraction of sp³-hybridized carbons (Fsp3) is 0.0625. The van der Waals surface area contributed by atoms with Crippen molar-refractivity contribution in [2.75, 3.05) is 0 Å². The number of esters is 1. The second-order valence-corrected chi connectivity index (χ2v) is 3.87. The molecule has 96 valence electrons. The molecule has 3 heteroatoms. The lowest BCUT2D eigenvalue weighted by Crippen LogP contribution is -1.99. The van der Waals surface area contributed by atoms with Gasteiger partial charge in [0.2, 0.25) is 0 Å². The van der Waals surface area contributed by atoms with Gasteiger partial charge >= 0.3 is 5.97 Å². The summed E-state index contributed by atoms with van der Waals surface area (Å²) in [5.74, 6) is 1.10. The lowest BCUT2D eigenvalue weighted by molar-refractivity contribution is -0.138. The van der Waals surface area contributed by atoms with Gasteiger partial charge in [-0.2, -0.15) is 0 Å². The summed E-state index contributed by atoms with van der Waals surface area (Å²) in [6.07, 6.45) is 1.15. The maximum atomic E-state index is 10.9. The van der Waals surface area contributed by atoms with Gasteiger partial charge in [-0.25, -0.2) is 4.79 Å². The summed E-state index contributed by atoms with van der Waals surface area (Å²) in [5, 5.41) is 0. The third-order valence-electron chi connectivity index (χ3n) is 2.45. The first-order valence-corrected chi connectivity index (χ1v) is 5.89. The SMILES string of the molecule is C=CC(=O)OCc1ccc(Oc2ccccc2)cc1. The number of carbonyl (C=O) groups is 1. The Labute approximate surface area is 112 Å². The molecule has 0 saturated carbocycles. The van der Waals surface area contributed by atoms with E-state index < -0.39 is 5.97 Å². The molecule has 2 aromatic rings. The molecule has 3 nitrogen and oxygen atoms in total. The number of benzene rings is 2. The predicted molar refractivity (Wildman–Crippen MR) is 73.0 cm³/mol. The fourth-order valence-electron chi connectivity index (χ4n) is 1.49. The molecular formula is C16H14O3. The first kappa shape index (κ1) is 12.9. The Morgan fingerprint density at radius 3 is 2.26 bits per heavy atom. The maximum absolute atomic E-state index is 10.9. The predicted octanol–water partition coefficient (Wildman–Crippen LogP) is 3.71. The molecule has 0 unspecified atom stereocenters. The average Bonchev–Trinajstić information content (AvgIpc) is 2.47. The summed E-state index contributed by atoms with van der Waals surface area (Å²) < 4.78 is 10.6. The monoisotopic (exact) mass is 254 g/mol. The second kappa shape index (κ2) is 6.40. The van der Waals surface area contributed by atoms with Gasteiger partial charge in [-0.05, 0) is 29.8 Å². The summed E-state index contributed by atoms with van der Waals surface area (Å²) in [6, 6.07) is 16.9. The molecule has 0 amide bonds. The van der Waals surface area contributed by atoms with Crippen LogP contribution in [-0.2, 0) is 16.1 Å². The molecule has 0 aromatic heterocycles. The van der Waals surface area contributed by atoms with Crippen LogP contribution in [-0.4, -0.2) is 5.97 Å². The van der Waals surface area contributed by atoms with E-state index in [0.29, 0.717) is 0 Å². The first-order chi connectivity index (χ1) is 9.28. The number of hydrogen-bond donors (Lipinski definition) is 0. The molecule has 0 aliphatic heterocycles. The van der Waals surface area contributed by atoms with Gasteiger partial charge in [0.1, 0.15) is 18.1 Å². The zero-order chi connectivity index (χ0) is 13.5. The van der Waals surface area contributed by atoms with Gasteiger partial charge in [0, 0.05) is 6.08 Å². The van der Waals surface area contributed by atoms with Gasteiger partial charge in [-0.3, -0.25) is 0 Å². The summed E-state index contributed by atoms with van der Waals surface area (Å²) >= 11 is 0. The van der Waals surface area contributed by atoms with E-state index in [0.717, 1.165) is 23.1 Å². The van der Waals surface area contributed by atoms with Crippen LogP contribution in [0.25, 0.3) is 0 Å². The lowest BCUT2D eigenvalue weighted by Gasteiger charge is -2.06. The van der Waals surface area contributed by atoms with Crippen molar-refractivity contribution < 1.29 is 14.3 Å². The third-order valence-corrected chi connectivity index (χ3v) is 2.45. The zero-order valence-electron chi connectivity index (χ0n) is 10.4. The molecule has 0 saturated heterocycles. The lowest BCUT2D eigenvalue weighted by atomic mass is 10.2. The Hall–Kier alpha value is -2.55. The molecule has 2 aromatic carbocycles. The van der Waals surface area contributed by atoms with E-state index in [-0.39, 0.29) is 6.61 Å². The van der Waals surface area contributed by atoms with Crippen molar-refractivity contribution >= 4 is 5.97 Å². The molecule has 2 rings (SSSR count). The summed E-state index contributed by atoms with van der Waals surface area (Å²) in [4.78, 5) is 10.9. The molecule has 0 atom stereocenters. The molecule has 19 heavy (non-hydrogen) atoms. The van der Waals surface area contributed by atoms with E-state index >= 15 is 0 Å². The molecule has 0 spiro atoms. The van der Waals surface area contributed by atoms with Crippen LogP contribution in [0, 0.1) is 0 Å². The van der Waals surface area contributed by atoms with Crippen molar-refractivity contribution in [1.82, 2.24) is 0 Å². The number of ether oxygens (including phenoxy) is 2. The second-order valence-electron chi connectivity index (χ2n) is 3.87. The molecule has 0 N–H and O–H groups in total. The number of rotatable bonds is 5. The van der Waals surface area contributed by atoms with Crippen LogP contribution in [0.4, 0.5) is 0 Å². The van der Waals surface area contributed by atoms with E-state index in [4.69, 9.17) is 9.47 Å². The van der Waals surface area contributed by atoms with E-state index in [1.54, 1.807) is 0 Å². The highest BCUT2D eigenvalue weighted by Crippen LogP contribution is 2.21. The highest BCUT2D eigenvalue weighted by molar-refractivity contribution is 5.81. The molecule has 0 fully saturated rings. The Kier molecular flexibility index (Phi) is 4.34. The molecule has 0 bridgehead atoms. The van der Waals surface area contributed by atoms with Crippen LogP contribution < -0.4 is 4.74 Å². The van der Waals surface area contributed by atoms with Crippen molar-refractivity contribution in [3.8, 4) is 11.5 Å². The van der Waals surface area contributed by atoms with Crippen molar-refractivity contribution in [3.63, 3.8) is 0 Å². The van der Waals surface area contributed by atoms with Crippen LogP contribution in [0.1, 0.15) is 5.56 Å². The molecule has 0 aliphatic rings. The Morgan fingerprint density at radius 2 is 1.63 bits per heavy atom. The van der Waals surface area contributed by atoms with Crippen molar-refractivity contribution in [2.24, 2.45) is 0 Å². The van der Waals surface area contributed by atoms with Gasteiger partial charge in [0.05, 0.1) is 0 Å². The van der Waals surface area contributed by atoms with Crippen LogP contribution >= 0.6 is 0 Å². The largest absolute Gasteiger partial charge is 0.458 e. The Morgan fingerprint density at radius 1 is 1.00 bits per heavy atom. The average molecular weight is 254 g/mol. The van der Waals surface area contributed by atoms with E-state index in [2.05, 4.69) is 6.58 Å². The first-order valence-electron chi connectivity index (χ1n) is 5.89. The quantitative estimate of drug-likeness (QED) is 0.602. The molecular weight excluding hydrogens is 240 g/mol. The van der Waals surface area contributed by atoms with Gasteiger partial charge in [0.25, 0.3) is 0 Å². The third kappa shape index (κ3) is 4.00. The molecule has 0 aliphatic carbocycles. The van der Waals surface area contributed by atoms with Crippen molar-refractivity contribution in [3.05, 3.63) is 72.8 Å². The summed E-state index contributed by atoms with van der Waals surface area (Å²) in [6.45, 7) is 3.57. The highest BCUT2D eigenvalue weighted by Gasteiger charge is 2.00. The minimum absolute atomic E-state index is 0.233. The van der Waals surface area contributed by atoms with Crippen LogP contribution in [0.2, 0.25) is 0 Å². The smallest absolute Gasteiger partial charge is 0.330 e. The standard InChI is InChI=1S/C16H14O3/c1-2-16(17)18-12-13-8-10-15(11-9-13)19-14-6-4-3-5-7-14/h2-11H,1,12H2. The highest BCUT2D eigenvalue weighted by atomic mass is 16.5. The fourth-order valence-corrected chi connectivity index (χ4v) is 1.49. The van der Waals surface area contributed by atoms with Gasteiger partial charge in [-0.15, -0.1) is 0 Å². The van der Waals surface area contributed by atoms with Crippen LogP contribution in [0.5, 0.6) is 11.5 Å². The number of hydrogen-bond acceptors (Lipinski definition) is 3. The van der Waals surface area contributed by atoms with Crippen molar-refractivity contribution in [2.45, 2.75) is 6.61 Å². The summed E-state index contributed by atoms with van der Waals surface area (Å²) in [7, 11) is 0. The summed E-state index contributed by atoms with van der Waals surface area (Å²) in [5.41, 5.74) is 0.899. The number of para-hydroxylation sites is 1. The van der Waals surface area contributed by atoms with Gasteiger partial charge in [0.15, 0.2) is 0 Å². The van der Waals surface area contributed by atoms with E-state index in [1.165, 1.54) is 0 Å². The maximum Gasteiger partial charge on any atom is 0.330 e. The normalized spacial score (nSPS) is 9.68. The van der Waals surface area contributed by atoms with Crippen molar-refractivity contribution in [1.29, 1.82) is 0 Å². The topological polar surface area (TPSA) is 35.5 Å². The molecule has 0 radical (unpaired) electrons. The minimum atomic E-state index is -0.426. The Balaban J connectivity index is 1.95. The van der Waals surface area contributed by atoms with Gasteiger partial charge < -0.3 is 9.47 Å². The van der Waals surface area contributed by atoms with Gasteiger partial charge in [-0.1, -0.05) is 36.9 Å².